The van der Waals surface area contributed by atoms with E-state index in [0.717, 1.165) is 12.1 Å². The molecule has 0 spiro atoms. The molecule has 4 nitrogen and oxygen atoms in total. The van der Waals surface area contributed by atoms with E-state index in [-0.39, 0.29) is 5.56 Å². The molecule has 0 saturated carbocycles. The van der Waals surface area contributed by atoms with Gasteiger partial charge < -0.3 is 5.32 Å². The largest absolute Gasteiger partial charge is 0.319 e. The zero-order valence-corrected chi connectivity index (χ0v) is 12.7. The van der Waals surface area contributed by atoms with Crippen molar-refractivity contribution < 1.29 is 18.0 Å². The molecule has 0 aliphatic carbocycles. The molecule has 0 aliphatic heterocycles. The van der Waals surface area contributed by atoms with Gasteiger partial charge in [-0.3, -0.25) is 4.79 Å². The highest BCUT2D eigenvalue weighted by atomic mass is 35.5. The SMILES string of the molecule is O=C(Nc1ccc(F)c(F)c1F)c1cnn(-c2cccc(Cl)c2)c1. The number of benzene rings is 2. The van der Waals surface area contributed by atoms with Crippen LogP contribution in [0.1, 0.15) is 10.4 Å². The summed E-state index contributed by atoms with van der Waals surface area (Å²) >= 11 is 5.89. The summed E-state index contributed by atoms with van der Waals surface area (Å²) in [7, 11) is 0. The van der Waals surface area contributed by atoms with Crippen LogP contribution in [0.3, 0.4) is 0 Å². The quantitative estimate of drug-likeness (QED) is 0.719. The molecule has 1 amide bonds. The number of amides is 1. The number of hydrogen-bond acceptors (Lipinski definition) is 2. The molecule has 1 aromatic heterocycles. The molecule has 3 aromatic rings. The molecule has 0 bridgehead atoms. The number of rotatable bonds is 3. The van der Waals surface area contributed by atoms with Gasteiger partial charge in [-0.15, -0.1) is 0 Å². The number of nitrogens with one attached hydrogen (secondary N) is 1. The van der Waals surface area contributed by atoms with E-state index in [4.69, 9.17) is 11.6 Å². The average molecular weight is 352 g/mol. The second kappa shape index (κ2) is 6.37. The van der Waals surface area contributed by atoms with Crippen molar-refractivity contribution in [2.75, 3.05) is 5.32 Å². The predicted octanol–water partition coefficient (Wildman–Crippen LogP) is 4.20. The Hall–Kier alpha value is -2.80. The first-order valence-corrected chi connectivity index (χ1v) is 7.09. The molecule has 0 saturated heterocycles. The van der Waals surface area contributed by atoms with Gasteiger partial charge in [-0.2, -0.15) is 5.10 Å². The lowest BCUT2D eigenvalue weighted by Crippen LogP contribution is -2.13. The van der Waals surface area contributed by atoms with Gasteiger partial charge in [0.25, 0.3) is 5.91 Å². The van der Waals surface area contributed by atoms with Crippen LogP contribution in [0.4, 0.5) is 18.9 Å². The number of nitrogens with zero attached hydrogens (tertiary/aromatic N) is 2. The number of carbonyl (C=O) groups excluding carboxylic acids is 1. The van der Waals surface area contributed by atoms with Gasteiger partial charge in [-0.25, -0.2) is 17.9 Å². The van der Waals surface area contributed by atoms with Gasteiger partial charge in [-0.1, -0.05) is 17.7 Å². The van der Waals surface area contributed by atoms with Crippen LogP contribution in [0.2, 0.25) is 5.02 Å². The molecule has 24 heavy (non-hydrogen) atoms. The van der Waals surface area contributed by atoms with Crippen molar-refractivity contribution in [1.29, 1.82) is 0 Å². The molecule has 122 valence electrons. The second-order valence-corrected chi connectivity index (χ2v) is 5.27. The maximum atomic E-state index is 13.6. The lowest BCUT2D eigenvalue weighted by Gasteiger charge is -2.06. The molecule has 0 aliphatic rings. The Morgan fingerprint density at radius 2 is 1.92 bits per heavy atom. The minimum Gasteiger partial charge on any atom is -0.319 e. The third-order valence-corrected chi connectivity index (χ3v) is 3.44. The first-order chi connectivity index (χ1) is 11.5. The van der Waals surface area contributed by atoms with Crippen molar-refractivity contribution in [2.24, 2.45) is 0 Å². The van der Waals surface area contributed by atoms with Crippen molar-refractivity contribution in [3.05, 3.63) is 76.8 Å². The Balaban J connectivity index is 1.83. The number of hydrogen-bond donors (Lipinski definition) is 1. The van der Waals surface area contributed by atoms with Gasteiger partial charge in [0.1, 0.15) is 0 Å². The summed E-state index contributed by atoms with van der Waals surface area (Å²) < 4.78 is 41.1. The lowest BCUT2D eigenvalue weighted by molar-refractivity contribution is 0.102. The van der Waals surface area contributed by atoms with E-state index in [9.17, 15) is 18.0 Å². The van der Waals surface area contributed by atoms with Crippen LogP contribution < -0.4 is 5.32 Å². The van der Waals surface area contributed by atoms with Gasteiger partial charge in [0.05, 0.1) is 23.1 Å². The Morgan fingerprint density at radius 3 is 2.67 bits per heavy atom. The Kier molecular flexibility index (Phi) is 4.26. The molecule has 0 unspecified atom stereocenters. The number of anilines is 1. The minimum absolute atomic E-state index is 0.110. The number of aromatic nitrogens is 2. The Labute approximate surface area is 139 Å². The van der Waals surface area contributed by atoms with Gasteiger partial charge in [0.2, 0.25) is 0 Å². The molecular formula is C16H9ClF3N3O. The first kappa shape index (κ1) is 16.1. The van der Waals surface area contributed by atoms with E-state index in [1.807, 2.05) is 0 Å². The highest BCUT2D eigenvalue weighted by Crippen LogP contribution is 2.20. The summed E-state index contributed by atoms with van der Waals surface area (Å²) in [6.45, 7) is 0. The van der Waals surface area contributed by atoms with E-state index in [1.54, 1.807) is 24.3 Å². The molecule has 0 atom stereocenters. The zero-order chi connectivity index (χ0) is 17.3. The van der Waals surface area contributed by atoms with E-state index >= 15 is 0 Å². The smallest absolute Gasteiger partial charge is 0.258 e. The highest BCUT2D eigenvalue weighted by Gasteiger charge is 2.17. The zero-order valence-electron chi connectivity index (χ0n) is 11.9. The fourth-order valence-corrected chi connectivity index (χ4v) is 2.20. The maximum Gasteiger partial charge on any atom is 0.258 e. The van der Waals surface area contributed by atoms with E-state index in [2.05, 4.69) is 10.4 Å². The fraction of sp³-hybridized carbons (Fsp3) is 0. The van der Waals surface area contributed by atoms with Crippen LogP contribution in [0.15, 0.2) is 48.8 Å². The molecule has 1 heterocycles. The summed E-state index contributed by atoms with van der Waals surface area (Å²) in [5.41, 5.74) is 0.272. The molecule has 1 N–H and O–H groups in total. The highest BCUT2D eigenvalue weighted by molar-refractivity contribution is 6.30. The van der Waals surface area contributed by atoms with E-state index in [0.29, 0.717) is 10.7 Å². The summed E-state index contributed by atoms with van der Waals surface area (Å²) in [6.07, 6.45) is 2.66. The van der Waals surface area contributed by atoms with Crippen LogP contribution in [0.25, 0.3) is 5.69 Å². The molecule has 0 radical (unpaired) electrons. The summed E-state index contributed by atoms with van der Waals surface area (Å²) in [5, 5.41) is 6.68. The Morgan fingerprint density at radius 1 is 1.12 bits per heavy atom. The van der Waals surface area contributed by atoms with Crippen LogP contribution >= 0.6 is 11.6 Å². The fourth-order valence-electron chi connectivity index (χ4n) is 2.02. The maximum absolute atomic E-state index is 13.6. The van der Waals surface area contributed by atoms with Gasteiger partial charge >= 0.3 is 0 Å². The monoisotopic (exact) mass is 351 g/mol. The van der Waals surface area contributed by atoms with Crippen molar-refractivity contribution in [1.82, 2.24) is 9.78 Å². The van der Waals surface area contributed by atoms with Crippen molar-refractivity contribution >= 4 is 23.2 Å². The third kappa shape index (κ3) is 3.11. The van der Waals surface area contributed by atoms with Crippen molar-refractivity contribution in [2.45, 2.75) is 0 Å². The van der Waals surface area contributed by atoms with Gasteiger partial charge in [0, 0.05) is 11.2 Å². The second-order valence-electron chi connectivity index (χ2n) is 4.83. The van der Waals surface area contributed by atoms with Crippen molar-refractivity contribution in [3.8, 4) is 5.69 Å². The summed E-state index contributed by atoms with van der Waals surface area (Å²) in [6, 6.07) is 8.45. The summed E-state index contributed by atoms with van der Waals surface area (Å²) in [5.74, 6) is -5.17. The van der Waals surface area contributed by atoms with Crippen LogP contribution in [0, 0.1) is 17.5 Å². The average Bonchev–Trinajstić information content (AvgIpc) is 3.05. The topological polar surface area (TPSA) is 46.9 Å². The van der Waals surface area contributed by atoms with Crippen molar-refractivity contribution in [3.63, 3.8) is 0 Å². The van der Waals surface area contributed by atoms with E-state index < -0.39 is 29.0 Å². The lowest BCUT2D eigenvalue weighted by atomic mass is 10.2. The molecule has 2 aromatic carbocycles. The van der Waals surface area contributed by atoms with Gasteiger partial charge in [-0.05, 0) is 30.3 Å². The van der Waals surface area contributed by atoms with E-state index in [1.165, 1.54) is 17.1 Å². The number of halogens is 4. The Bertz CT molecular complexity index is 927. The molecule has 3 rings (SSSR count). The van der Waals surface area contributed by atoms with Crippen LogP contribution in [-0.2, 0) is 0 Å². The molecular weight excluding hydrogens is 343 g/mol. The third-order valence-electron chi connectivity index (χ3n) is 3.20. The number of carbonyl (C=O) groups is 1. The summed E-state index contributed by atoms with van der Waals surface area (Å²) in [4.78, 5) is 12.1. The predicted molar refractivity (Wildman–Crippen MR) is 82.8 cm³/mol. The van der Waals surface area contributed by atoms with Crippen LogP contribution in [-0.4, -0.2) is 15.7 Å². The molecule has 0 fully saturated rings. The first-order valence-electron chi connectivity index (χ1n) is 6.71. The minimum atomic E-state index is -1.65. The standard InChI is InChI=1S/C16H9ClF3N3O/c17-10-2-1-3-11(6-10)23-8-9(7-21-23)16(24)22-13-5-4-12(18)14(19)15(13)20/h1-8H,(H,22,24). The van der Waals surface area contributed by atoms with Gasteiger partial charge in [0.15, 0.2) is 17.5 Å². The van der Waals surface area contributed by atoms with Crippen LogP contribution in [0.5, 0.6) is 0 Å². The molecule has 8 heteroatoms. The normalized spacial score (nSPS) is 10.7.